The van der Waals surface area contributed by atoms with E-state index in [1.165, 1.54) is 12.1 Å². The maximum absolute atomic E-state index is 13.3. The molecule has 142 valence electrons. The SMILES string of the molecule is CC(C)n1c(C(F)(F)F)nc2cc(C(=O)NC3CCCC3CN)ccc21. The third-order valence-corrected chi connectivity index (χ3v) is 5.00. The summed E-state index contributed by atoms with van der Waals surface area (Å²) < 4.78 is 41.0. The van der Waals surface area contributed by atoms with E-state index in [0.717, 1.165) is 23.8 Å². The number of nitrogens with zero attached hydrogens (tertiary/aromatic N) is 2. The van der Waals surface area contributed by atoms with Gasteiger partial charge in [0.25, 0.3) is 5.91 Å². The Labute approximate surface area is 149 Å². The number of rotatable bonds is 4. The van der Waals surface area contributed by atoms with Crippen LogP contribution in [-0.4, -0.2) is 28.0 Å². The largest absolute Gasteiger partial charge is 0.449 e. The van der Waals surface area contributed by atoms with E-state index in [2.05, 4.69) is 10.3 Å². The molecule has 3 rings (SSSR count). The van der Waals surface area contributed by atoms with Gasteiger partial charge in [0.1, 0.15) is 0 Å². The highest BCUT2D eigenvalue weighted by molar-refractivity contribution is 5.97. The lowest BCUT2D eigenvalue weighted by atomic mass is 10.0. The Morgan fingerprint density at radius 1 is 1.38 bits per heavy atom. The van der Waals surface area contributed by atoms with E-state index in [4.69, 9.17) is 5.73 Å². The van der Waals surface area contributed by atoms with E-state index >= 15 is 0 Å². The van der Waals surface area contributed by atoms with Crippen LogP contribution in [0.5, 0.6) is 0 Å². The molecule has 1 fully saturated rings. The molecular weight excluding hydrogens is 345 g/mol. The van der Waals surface area contributed by atoms with Gasteiger partial charge in [-0.3, -0.25) is 4.79 Å². The van der Waals surface area contributed by atoms with Gasteiger partial charge in [-0.1, -0.05) is 6.42 Å². The molecule has 1 aliphatic rings. The maximum Gasteiger partial charge on any atom is 0.449 e. The van der Waals surface area contributed by atoms with E-state index in [9.17, 15) is 18.0 Å². The average Bonchev–Trinajstić information content (AvgIpc) is 3.17. The molecule has 1 aromatic carbocycles. The Kier molecular flexibility index (Phi) is 4.96. The molecule has 2 aromatic rings. The van der Waals surface area contributed by atoms with Crippen LogP contribution in [0.1, 0.15) is 55.3 Å². The van der Waals surface area contributed by atoms with Crippen LogP contribution < -0.4 is 11.1 Å². The molecule has 2 atom stereocenters. The summed E-state index contributed by atoms with van der Waals surface area (Å²) in [6, 6.07) is 4.11. The fraction of sp³-hybridized carbons (Fsp3) is 0.556. The fourth-order valence-electron chi connectivity index (χ4n) is 3.72. The molecule has 1 aromatic heterocycles. The van der Waals surface area contributed by atoms with Gasteiger partial charge >= 0.3 is 6.18 Å². The summed E-state index contributed by atoms with van der Waals surface area (Å²) in [7, 11) is 0. The van der Waals surface area contributed by atoms with Crippen LogP contribution >= 0.6 is 0 Å². The zero-order chi connectivity index (χ0) is 19.1. The molecule has 0 bridgehead atoms. The molecule has 1 amide bonds. The van der Waals surface area contributed by atoms with Crippen molar-refractivity contribution in [1.29, 1.82) is 0 Å². The second-order valence-electron chi connectivity index (χ2n) is 7.11. The minimum absolute atomic E-state index is 0.0159. The molecule has 0 aliphatic heterocycles. The first-order valence-electron chi connectivity index (χ1n) is 8.82. The standard InChI is InChI=1S/C18H23F3N4O/c1-10(2)25-15-7-6-11(8-14(15)24-17(25)18(19,20)21)16(26)23-13-5-3-4-12(13)9-22/h6-8,10,12-13H,3-5,9,22H2,1-2H3,(H,23,26). The molecule has 2 unspecified atom stereocenters. The quantitative estimate of drug-likeness (QED) is 0.868. The fourth-order valence-corrected chi connectivity index (χ4v) is 3.72. The van der Waals surface area contributed by atoms with Crippen LogP contribution in [-0.2, 0) is 6.18 Å². The maximum atomic E-state index is 13.3. The predicted octanol–water partition coefficient (Wildman–Crippen LogP) is 3.49. The van der Waals surface area contributed by atoms with Gasteiger partial charge in [0.05, 0.1) is 11.0 Å². The van der Waals surface area contributed by atoms with Crippen molar-refractivity contribution >= 4 is 16.9 Å². The first-order chi connectivity index (χ1) is 12.2. The lowest BCUT2D eigenvalue weighted by Gasteiger charge is -2.19. The lowest BCUT2D eigenvalue weighted by molar-refractivity contribution is -0.147. The molecule has 26 heavy (non-hydrogen) atoms. The highest BCUT2D eigenvalue weighted by Crippen LogP contribution is 2.34. The summed E-state index contributed by atoms with van der Waals surface area (Å²) in [5.41, 5.74) is 6.57. The first kappa shape index (κ1) is 18.7. The van der Waals surface area contributed by atoms with Gasteiger partial charge in [0.2, 0.25) is 5.82 Å². The van der Waals surface area contributed by atoms with Gasteiger partial charge in [-0.2, -0.15) is 13.2 Å². The first-order valence-corrected chi connectivity index (χ1v) is 8.82. The summed E-state index contributed by atoms with van der Waals surface area (Å²) in [6.45, 7) is 3.85. The van der Waals surface area contributed by atoms with Crippen molar-refractivity contribution in [1.82, 2.24) is 14.9 Å². The summed E-state index contributed by atoms with van der Waals surface area (Å²) >= 11 is 0. The van der Waals surface area contributed by atoms with E-state index in [0.29, 0.717) is 17.6 Å². The normalized spacial score (nSPS) is 20.9. The number of alkyl halides is 3. The second-order valence-corrected chi connectivity index (χ2v) is 7.11. The van der Waals surface area contributed by atoms with Crippen molar-refractivity contribution in [2.45, 2.75) is 51.4 Å². The van der Waals surface area contributed by atoms with Crippen molar-refractivity contribution in [3.05, 3.63) is 29.6 Å². The number of amides is 1. The van der Waals surface area contributed by atoms with Gasteiger partial charge in [0.15, 0.2) is 0 Å². The summed E-state index contributed by atoms with van der Waals surface area (Å²) in [6.07, 6.45) is -1.69. The van der Waals surface area contributed by atoms with Crippen molar-refractivity contribution in [2.75, 3.05) is 6.54 Å². The van der Waals surface area contributed by atoms with Crippen LogP contribution in [0, 0.1) is 5.92 Å². The topological polar surface area (TPSA) is 72.9 Å². The second kappa shape index (κ2) is 6.90. The number of hydrogen-bond donors (Lipinski definition) is 2. The molecule has 3 N–H and O–H groups in total. The molecule has 0 saturated heterocycles. The number of carbonyl (C=O) groups excluding carboxylic acids is 1. The molecule has 1 heterocycles. The smallest absolute Gasteiger partial charge is 0.349 e. The van der Waals surface area contributed by atoms with Gasteiger partial charge < -0.3 is 15.6 Å². The van der Waals surface area contributed by atoms with E-state index in [1.807, 2.05) is 0 Å². The Morgan fingerprint density at radius 2 is 2.12 bits per heavy atom. The number of hydrogen-bond acceptors (Lipinski definition) is 3. The van der Waals surface area contributed by atoms with Crippen LogP contribution in [0.15, 0.2) is 18.2 Å². The molecule has 8 heteroatoms. The van der Waals surface area contributed by atoms with Crippen molar-refractivity contribution < 1.29 is 18.0 Å². The van der Waals surface area contributed by atoms with Crippen molar-refractivity contribution in [3.63, 3.8) is 0 Å². The van der Waals surface area contributed by atoms with E-state index in [1.54, 1.807) is 19.9 Å². The predicted molar refractivity (Wildman–Crippen MR) is 92.8 cm³/mol. The molecule has 0 radical (unpaired) electrons. The molecule has 0 spiro atoms. The number of aromatic nitrogens is 2. The van der Waals surface area contributed by atoms with Crippen LogP contribution in [0.25, 0.3) is 11.0 Å². The third kappa shape index (κ3) is 3.42. The zero-order valence-corrected chi connectivity index (χ0v) is 14.8. The highest BCUT2D eigenvalue weighted by Gasteiger charge is 2.38. The van der Waals surface area contributed by atoms with Crippen molar-refractivity contribution in [3.8, 4) is 0 Å². The number of nitrogens with one attached hydrogen (secondary N) is 1. The van der Waals surface area contributed by atoms with Gasteiger partial charge in [-0.25, -0.2) is 4.98 Å². The minimum Gasteiger partial charge on any atom is -0.349 e. The highest BCUT2D eigenvalue weighted by atomic mass is 19.4. The zero-order valence-electron chi connectivity index (χ0n) is 14.8. The molecule has 1 saturated carbocycles. The summed E-state index contributed by atoms with van der Waals surface area (Å²) in [5, 5.41) is 2.96. The van der Waals surface area contributed by atoms with Gasteiger partial charge in [-0.05, 0) is 57.4 Å². The minimum atomic E-state index is -4.55. The number of halogens is 3. The Balaban J connectivity index is 1.93. The number of benzene rings is 1. The Morgan fingerprint density at radius 3 is 2.73 bits per heavy atom. The monoisotopic (exact) mass is 368 g/mol. The number of carbonyl (C=O) groups is 1. The third-order valence-electron chi connectivity index (χ3n) is 5.00. The van der Waals surface area contributed by atoms with Crippen LogP contribution in [0.3, 0.4) is 0 Å². The number of imidazole rings is 1. The lowest BCUT2D eigenvalue weighted by Crippen LogP contribution is -2.39. The number of nitrogens with two attached hydrogens (primary N) is 1. The molecular formula is C18H23F3N4O. The molecule has 5 nitrogen and oxygen atoms in total. The Hall–Kier alpha value is -2.09. The van der Waals surface area contributed by atoms with Gasteiger partial charge in [0, 0.05) is 17.6 Å². The molecule has 1 aliphatic carbocycles. The van der Waals surface area contributed by atoms with Crippen LogP contribution in [0.2, 0.25) is 0 Å². The summed E-state index contributed by atoms with van der Waals surface area (Å²) in [5.74, 6) is -0.997. The van der Waals surface area contributed by atoms with E-state index in [-0.39, 0.29) is 23.4 Å². The average molecular weight is 368 g/mol. The van der Waals surface area contributed by atoms with Crippen molar-refractivity contribution in [2.24, 2.45) is 11.7 Å². The van der Waals surface area contributed by atoms with Gasteiger partial charge in [-0.15, -0.1) is 0 Å². The Bertz CT molecular complexity index is 813. The van der Waals surface area contributed by atoms with Crippen LogP contribution in [0.4, 0.5) is 13.2 Å². The number of fused-ring (bicyclic) bond motifs is 1. The van der Waals surface area contributed by atoms with E-state index < -0.39 is 18.0 Å². The summed E-state index contributed by atoms with van der Waals surface area (Å²) in [4.78, 5) is 16.3.